The lowest BCUT2D eigenvalue weighted by Crippen LogP contribution is -2.08. The second-order valence-electron chi connectivity index (χ2n) is 6.69. The van der Waals surface area contributed by atoms with E-state index in [-0.39, 0.29) is 0 Å². The van der Waals surface area contributed by atoms with Gasteiger partial charge in [0.1, 0.15) is 11.5 Å². The predicted octanol–water partition coefficient (Wildman–Crippen LogP) is 4.95. The zero-order valence-corrected chi connectivity index (χ0v) is 17.0. The molecule has 0 N–H and O–H groups in total. The average molecular weight is 413 g/mol. The van der Waals surface area contributed by atoms with E-state index in [9.17, 15) is 9.59 Å². The van der Waals surface area contributed by atoms with Gasteiger partial charge in [0.05, 0.1) is 25.3 Å². The molecule has 1 aromatic heterocycles. The molecule has 154 valence electrons. The molecule has 4 aromatic rings. The molecule has 0 aliphatic carbocycles. The number of pyridine rings is 1. The van der Waals surface area contributed by atoms with Crippen LogP contribution in [0.1, 0.15) is 20.7 Å². The molecule has 6 nitrogen and oxygen atoms in total. The van der Waals surface area contributed by atoms with Crippen molar-refractivity contribution in [2.24, 2.45) is 0 Å². The van der Waals surface area contributed by atoms with Crippen LogP contribution in [0.15, 0.2) is 72.9 Å². The third-order valence-electron chi connectivity index (χ3n) is 4.91. The standard InChI is InChI=1S/C25H19NO5/c1-29-21-12-11-17(13-18(21)15-27)20-14-26-24(30-2)19-9-6-10-22(23(19)20)31-25(28)16-7-4-3-5-8-16/h3-15H,1-2H3. The van der Waals surface area contributed by atoms with Crippen LogP contribution in [0, 0.1) is 0 Å². The predicted molar refractivity (Wildman–Crippen MR) is 117 cm³/mol. The number of rotatable bonds is 6. The number of methoxy groups -OCH3 is 2. The van der Waals surface area contributed by atoms with Crippen LogP contribution in [0.4, 0.5) is 0 Å². The summed E-state index contributed by atoms with van der Waals surface area (Å²) in [4.78, 5) is 28.6. The van der Waals surface area contributed by atoms with Gasteiger partial charge in [-0.2, -0.15) is 0 Å². The Balaban J connectivity index is 1.90. The third kappa shape index (κ3) is 3.83. The maximum Gasteiger partial charge on any atom is 0.343 e. The van der Waals surface area contributed by atoms with Gasteiger partial charge in [-0.1, -0.05) is 30.3 Å². The monoisotopic (exact) mass is 413 g/mol. The summed E-state index contributed by atoms with van der Waals surface area (Å²) in [5, 5.41) is 1.34. The summed E-state index contributed by atoms with van der Waals surface area (Å²) < 4.78 is 16.4. The Morgan fingerprint density at radius 1 is 0.903 bits per heavy atom. The molecular weight excluding hydrogens is 394 g/mol. The van der Waals surface area contributed by atoms with E-state index in [2.05, 4.69) is 4.98 Å². The molecule has 0 radical (unpaired) electrons. The fourth-order valence-electron chi connectivity index (χ4n) is 3.44. The number of carbonyl (C=O) groups is 2. The van der Waals surface area contributed by atoms with E-state index in [1.807, 2.05) is 18.2 Å². The first-order chi connectivity index (χ1) is 15.2. The van der Waals surface area contributed by atoms with Gasteiger partial charge in [0.2, 0.25) is 5.88 Å². The first-order valence-electron chi connectivity index (χ1n) is 9.52. The van der Waals surface area contributed by atoms with Gasteiger partial charge in [0.25, 0.3) is 0 Å². The number of esters is 1. The summed E-state index contributed by atoms with van der Waals surface area (Å²) in [5.74, 6) is 0.768. The van der Waals surface area contributed by atoms with Crippen LogP contribution in [0.5, 0.6) is 17.4 Å². The first-order valence-corrected chi connectivity index (χ1v) is 9.52. The van der Waals surface area contributed by atoms with Crippen molar-refractivity contribution in [1.82, 2.24) is 4.98 Å². The highest BCUT2D eigenvalue weighted by atomic mass is 16.5. The van der Waals surface area contributed by atoms with Crippen molar-refractivity contribution in [3.8, 4) is 28.5 Å². The van der Waals surface area contributed by atoms with Gasteiger partial charge >= 0.3 is 5.97 Å². The second-order valence-corrected chi connectivity index (χ2v) is 6.69. The summed E-state index contributed by atoms with van der Waals surface area (Å²) in [6.07, 6.45) is 2.37. The van der Waals surface area contributed by atoms with E-state index in [1.165, 1.54) is 14.2 Å². The number of carbonyl (C=O) groups excluding carboxylic acids is 2. The summed E-state index contributed by atoms with van der Waals surface area (Å²) in [5.41, 5.74) is 2.27. The highest BCUT2D eigenvalue weighted by Gasteiger charge is 2.18. The number of aromatic nitrogens is 1. The minimum absolute atomic E-state index is 0.366. The molecule has 0 spiro atoms. The Morgan fingerprint density at radius 2 is 1.71 bits per heavy atom. The number of benzene rings is 3. The van der Waals surface area contributed by atoms with E-state index in [4.69, 9.17) is 14.2 Å². The van der Waals surface area contributed by atoms with Gasteiger partial charge < -0.3 is 14.2 Å². The lowest BCUT2D eigenvalue weighted by molar-refractivity contribution is 0.0737. The molecule has 0 atom stereocenters. The maximum absolute atomic E-state index is 12.7. The zero-order valence-electron chi connectivity index (χ0n) is 17.0. The van der Waals surface area contributed by atoms with Crippen molar-refractivity contribution in [2.45, 2.75) is 0 Å². The van der Waals surface area contributed by atoms with Gasteiger partial charge in [-0.3, -0.25) is 4.79 Å². The molecule has 0 amide bonds. The van der Waals surface area contributed by atoms with Crippen LogP contribution in [-0.4, -0.2) is 31.5 Å². The van der Waals surface area contributed by atoms with Gasteiger partial charge in [-0.25, -0.2) is 9.78 Å². The molecule has 3 aromatic carbocycles. The number of hydrogen-bond acceptors (Lipinski definition) is 6. The molecule has 0 aliphatic rings. The van der Waals surface area contributed by atoms with E-state index in [0.29, 0.717) is 44.8 Å². The van der Waals surface area contributed by atoms with Crippen molar-refractivity contribution in [3.05, 3.63) is 84.1 Å². The SMILES string of the molecule is COc1ccc(-c2cnc(OC)c3cccc(OC(=O)c4ccccc4)c23)cc1C=O. The van der Waals surface area contributed by atoms with Crippen LogP contribution in [0.25, 0.3) is 21.9 Å². The molecule has 0 fully saturated rings. The van der Waals surface area contributed by atoms with Crippen LogP contribution in [-0.2, 0) is 0 Å². The summed E-state index contributed by atoms with van der Waals surface area (Å²) >= 11 is 0. The summed E-state index contributed by atoms with van der Waals surface area (Å²) in [6, 6.07) is 19.3. The van der Waals surface area contributed by atoms with Crippen LogP contribution in [0.2, 0.25) is 0 Å². The van der Waals surface area contributed by atoms with Gasteiger partial charge in [0.15, 0.2) is 6.29 Å². The molecule has 6 heteroatoms. The lowest BCUT2D eigenvalue weighted by atomic mass is 9.98. The van der Waals surface area contributed by atoms with Gasteiger partial charge in [0, 0.05) is 22.5 Å². The quantitative estimate of drug-likeness (QED) is 0.253. The Morgan fingerprint density at radius 3 is 2.42 bits per heavy atom. The Hall–Kier alpha value is -4.19. The van der Waals surface area contributed by atoms with Gasteiger partial charge in [-0.05, 0) is 42.0 Å². The highest BCUT2D eigenvalue weighted by molar-refractivity contribution is 6.05. The highest BCUT2D eigenvalue weighted by Crippen LogP contribution is 2.39. The molecule has 0 unspecified atom stereocenters. The zero-order chi connectivity index (χ0) is 21.8. The topological polar surface area (TPSA) is 74.7 Å². The van der Waals surface area contributed by atoms with Crippen molar-refractivity contribution < 1.29 is 23.8 Å². The fourth-order valence-corrected chi connectivity index (χ4v) is 3.44. The van der Waals surface area contributed by atoms with Crippen molar-refractivity contribution >= 4 is 23.0 Å². The molecule has 0 bridgehead atoms. The van der Waals surface area contributed by atoms with Crippen LogP contribution in [0.3, 0.4) is 0 Å². The van der Waals surface area contributed by atoms with Crippen LogP contribution >= 0.6 is 0 Å². The molecule has 0 aliphatic heterocycles. The largest absolute Gasteiger partial charge is 0.496 e. The smallest absolute Gasteiger partial charge is 0.343 e. The second kappa shape index (κ2) is 8.67. The number of aldehydes is 1. The van der Waals surface area contributed by atoms with E-state index in [1.54, 1.807) is 54.7 Å². The number of nitrogens with zero attached hydrogens (tertiary/aromatic N) is 1. The molecule has 0 saturated carbocycles. The van der Waals surface area contributed by atoms with Crippen LogP contribution < -0.4 is 14.2 Å². The fraction of sp³-hybridized carbons (Fsp3) is 0.0800. The molecule has 4 rings (SSSR count). The minimum Gasteiger partial charge on any atom is -0.496 e. The molecule has 0 saturated heterocycles. The van der Waals surface area contributed by atoms with Crippen molar-refractivity contribution in [1.29, 1.82) is 0 Å². The maximum atomic E-state index is 12.7. The lowest BCUT2D eigenvalue weighted by Gasteiger charge is -2.15. The third-order valence-corrected chi connectivity index (χ3v) is 4.91. The van der Waals surface area contributed by atoms with E-state index >= 15 is 0 Å². The van der Waals surface area contributed by atoms with E-state index in [0.717, 1.165) is 11.8 Å². The normalized spacial score (nSPS) is 10.5. The minimum atomic E-state index is -0.474. The summed E-state index contributed by atoms with van der Waals surface area (Å²) in [7, 11) is 3.04. The molecule has 31 heavy (non-hydrogen) atoms. The Bertz CT molecular complexity index is 1270. The number of ether oxygens (including phenoxy) is 3. The summed E-state index contributed by atoms with van der Waals surface area (Å²) in [6.45, 7) is 0. The number of fused-ring (bicyclic) bond motifs is 1. The first kappa shape index (κ1) is 20.1. The van der Waals surface area contributed by atoms with E-state index < -0.39 is 5.97 Å². The molecule has 1 heterocycles. The molecular formula is C25H19NO5. The Labute approximate surface area is 179 Å². The van der Waals surface area contributed by atoms with Crippen molar-refractivity contribution in [2.75, 3.05) is 14.2 Å². The Kier molecular flexibility index (Phi) is 5.62. The van der Waals surface area contributed by atoms with Crippen molar-refractivity contribution in [3.63, 3.8) is 0 Å². The average Bonchev–Trinajstić information content (AvgIpc) is 2.83. The number of hydrogen-bond donors (Lipinski definition) is 0. The van der Waals surface area contributed by atoms with Gasteiger partial charge in [-0.15, -0.1) is 0 Å².